The van der Waals surface area contributed by atoms with E-state index in [1.54, 1.807) is 0 Å². The van der Waals surface area contributed by atoms with Crippen LogP contribution in [0.2, 0.25) is 0 Å². The highest BCUT2D eigenvalue weighted by atomic mass is 32.2. The number of hydrogen-bond acceptors (Lipinski definition) is 4. The van der Waals surface area contributed by atoms with Crippen LogP contribution in [0.3, 0.4) is 0 Å². The first-order valence-corrected chi connectivity index (χ1v) is 6.43. The van der Waals surface area contributed by atoms with E-state index in [0.29, 0.717) is 19.6 Å². The van der Waals surface area contributed by atoms with Crippen molar-refractivity contribution in [2.75, 3.05) is 13.2 Å². The zero-order valence-electron chi connectivity index (χ0n) is 10.1. The highest BCUT2D eigenvalue weighted by molar-refractivity contribution is 7.77. The highest BCUT2D eigenvalue weighted by Crippen LogP contribution is 2.26. The minimum atomic E-state index is -2.41. The summed E-state index contributed by atoms with van der Waals surface area (Å²) in [6.07, 6.45) is 1.35. The Labute approximate surface area is 99.6 Å². The van der Waals surface area contributed by atoms with Crippen molar-refractivity contribution < 1.29 is 18.2 Å². The maximum absolute atomic E-state index is 10.6. The fourth-order valence-electron chi connectivity index (χ4n) is 1.48. The summed E-state index contributed by atoms with van der Waals surface area (Å²) in [4.78, 5) is 0. The average Bonchev–Trinajstić information content (AvgIpc) is 2.17. The molecule has 6 heteroatoms. The summed E-state index contributed by atoms with van der Waals surface area (Å²) in [5.74, 6) is -1.06. The lowest BCUT2D eigenvalue weighted by Crippen LogP contribution is -2.43. The van der Waals surface area contributed by atoms with Crippen molar-refractivity contribution in [2.24, 2.45) is 0 Å². The second kappa shape index (κ2) is 7.78. The van der Waals surface area contributed by atoms with Crippen LogP contribution in [0.25, 0.3) is 0 Å². The van der Waals surface area contributed by atoms with Crippen LogP contribution < -0.4 is 4.72 Å². The van der Waals surface area contributed by atoms with E-state index in [2.05, 4.69) is 11.3 Å². The molecular weight excluding hydrogens is 230 g/mol. The summed E-state index contributed by atoms with van der Waals surface area (Å²) >= 11 is -2.41. The van der Waals surface area contributed by atoms with Gasteiger partial charge in [-0.2, -0.15) is 0 Å². The Hall–Kier alpha value is -0.430. The molecule has 0 bridgehead atoms. The molecule has 0 aliphatic rings. The predicted molar refractivity (Wildman–Crippen MR) is 62.1 cm³/mol. The molecule has 0 heterocycles. The second-order valence-corrected chi connectivity index (χ2v) is 3.86. The Kier molecular flexibility index (Phi) is 7.57. The summed E-state index contributed by atoms with van der Waals surface area (Å²) in [6.45, 7) is 10.1. The maximum atomic E-state index is 10.6. The van der Waals surface area contributed by atoms with Crippen molar-refractivity contribution in [1.82, 2.24) is 4.72 Å². The van der Waals surface area contributed by atoms with E-state index >= 15 is 0 Å². The summed E-state index contributed by atoms with van der Waals surface area (Å²) in [5.41, 5.74) is 0.214. The molecule has 5 nitrogen and oxygen atoms in total. The average molecular weight is 250 g/mol. The van der Waals surface area contributed by atoms with Crippen molar-refractivity contribution in [2.45, 2.75) is 39.4 Å². The molecular formula is C10H20NO4S-. The molecule has 0 saturated heterocycles. The van der Waals surface area contributed by atoms with Crippen LogP contribution in [0.5, 0.6) is 0 Å². The molecule has 0 aromatic rings. The van der Waals surface area contributed by atoms with E-state index in [-0.39, 0.29) is 5.70 Å². The molecule has 1 unspecified atom stereocenters. The van der Waals surface area contributed by atoms with Gasteiger partial charge in [-0.05, 0) is 13.8 Å². The van der Waals surface area contributed by atoms with Crippen LogP contribution in [0.4, 0.5) is 0 Å². The van der Waals surface area contributed by atoms with Gasteiger partial charge in [0.05, 0.1) is 5.70 Å². The van der Waals surface area contributed by atoms with Gasteiger partial charge >= 0.3 is 0 Å². The van der Waals surface area contributed by atoms with Crippen LogP contribution in [0, 0.1) is 0 Å². The van der Waals surface area contributed by atoms with Gasteiger partial charge in [0.2, 0.25) is 5.79 Å². The molecule has 0 aliphatic heterocycles. The highest BCUT2D eigenvalue weighted by Gasteiger charge is 2.34. The third-order valence-electron chi connectivity index (χ3n) is 2.00. The minimum Gasteiger partial charge on any atom is -0.755 e. The van der Waals surface area contributed by atoms with Crippen molar-refractivity contribution in [3.05, 3.63) is 12.3 Å². The number of nitrogens with one attached hydrogen (secondary N) is 1. The fourth-order valence-corrected chi connectivity index (χ4v) is 1.84. The molecule has 96 valence electrons. The Bertz CT molecular complexity index is 228. The Morgan fingerprint density at radius 2 is 1.88 bits per heavy atom. The van der Waals surface area contributed by atoms with E-state index in [4.69, 9.17) is 9.47 Å². The predicted octanol–water partition coefficient (Wildman–Crippen LogP) is 1.45. The van der Waals surface area contributed by atoms with Gasteiger partial charge in [-0.1, -0.05) is 19.9 Å². The molecule has 1 atom stereocenters. The third-order valence-corrected chi connectivity index (χ3v) is 2.41. The van der Waals surface area contributed by atoms with Crippen LogP contribution in [0.1, 0.15) is 33.6 Å². The minimum absolute atomic E-state index is 0.214. The van der Waals surface area contributed by atoms with E-state index < -0.39 is 17.1 Å². The quantitative estimate of drug-likeness (QED) is 0.496. The van der Waals surface area contributed by atoms with Crippen LogP contribution in [-0.2, 0) is 20.7 Å². The van der Waals surface area contributed by atoms with E-state index in [0.717, 1.165) is 6.42 Å². The molecule has 0 aromatic heterocycles. The molecule has 0 rings (SSSR count). The molecule has 0 radical (unpaired) electrons. The molecule has 1 N–H and O–H groups in total. The van der Waals surface area contributed by atoms with Crippen molar-refractivity contribution in [3.63, 3.8) is 0 Å². The summed E-state index contributed by atoms with van der Waals surface area (Å²) in [7, 11) is 0. The summed E-state index contributed by atoms with van der Waals surface area (Å²) in [6, 6.07) is 0. The molecule has 16 heavy (non-hydrogen) atoms. The fraction of sp³-hybridized carbons (Fsp3) is 0.800. The zero-order chi connectivity index (χ0) is 12.6. The molecule has 0 fully saturated rings. The lowest BCUT2D eigenvalue weighted by atomic mass is 10.1. The smallest absolute Gasteiger partial charge is 0.209 e. The van der Waals surface area contributed by atoms with Crippen molar-refractivity contribution in [1.29, 1.82) is 0 Å². The number of ether oxygens (including phenoxy) is 2. The monoisotopic (exact) mass is 250 g/mol. The normalized spacial score (nSPS) is 13.5. The zero-order valence-corrected chi connectivity index (χ0v) is 10.9. The summed E-state index contributed by atoms with van der Waals surface area (Å²) in [5, 5.41) is 0. The van der Waals surface area contributed by atoms with Crippen molar-refractivity contribution >= 4 is 11.3 Å². The van der Waals surface area contributed by atoms with Gasteiger partial charge in [0.25, 0.3) is 0 Å². The molecule has 0 amide bonds. The van der Waals surface area contributed by atoms with Gasteiger partial charge in [0.1, 0.15) is 0 Å². The lowest BCUT2D eigenvalue weighted by molar-refractivity contribution is -0.212. The van der Waals surface area contributed by atoms with E-state index in [9.17, 15) is 8.76 Å². The Balaban J connectivity index is 4.82. The Morgan fingerprint density at radius 1 is 1.38 bits per heavy atom. The molecule has 0 saturated carbocycles. The van der Waals surface area contributed by atoms with Gasteiger partial charge in [-0.25, -0.2) is 0 Å². The van der Waals surface area contributed by atoms with Crippen molar-refractivity contribution in [3.8, 4) is 0 Å². The molecule has 0 spiro atoms. The Morgan fingerprint density at radius 3 is 2.19 bits per heavy atom. The van der Waals surface area contributed by atoms with Gasteiger partial charge in [0, 0.05) is 30.9 Å². The first-order chi connectivity index (χ1) is 7.52. The topological polar surface area (TPSA) is 70.6 Å². The van der Waals surface area contributed by atoms with Gasteiger partial charge in [-0.3, -0.25) is 4.21 Å². The first-order valence-electron chi connectivity index (χ1n) is 5.35. The first kappa shape index (κ1) is 15.6. The largest absolute Gasteiger partial charge is 0.755 e. The van der Waals surface area contributed by atoms with Gasteiger partial charge in [-0.15, -0.1) is 0 Å². The van der Waals surface area contributed by atoms with Crippen LogP contribution in [-0.4, -0.2) is 27.8 Å². The SMILES string of the molecule is C=C(NS(=O)[O-])C(CCC)(OCC)OCC. The molecule has 0 aliphatic carbocycles. The van der Waals surface area contributed by atoms with Gasteiger partial charge in [0.15, 0.2) is 0 Å². The number of rotatable bonds is 9. The standard InChI is InChI=1S/C10H21NO4S/c1-5-8-10(14-6-2,15-7-3)9(4)11-16(12)13/h11H,4-8H2,1-3H3,(H,12,13)/p-1. The van der Waals surface area contributed by atoms with E-state index in [1.165, 1.54) is 0 Å². The molecule has 0 aromatic carbocycles. The maximum Gasteiger partial charge on any atom is 0.209 e. The lowest BCUT2D eigenvalue weighted by Gasteiger charge is -2.35. The van der Waals surface area contributed by atoms with Crippen LogP contribution in [0.15, 0.2) is 12.3 Å². The third kappa shape index (κ3) is 4.61. The summed E-state index contributed by atoms with van der Waals surface area (Å²) < 4.78 is 34.4. The number of hydrogen-bond donors (Lipinski definition) is 1. The van der Waals surface area contributed by atoms with Gasteiger partial charge < -0.3 is 18.7 Å². The van der Waals surface area contributed by atoms with Crippen LogP contribution >= 0.6 is 0 Å². The second-order valence-electron chi connectivity index (χ2n) is 3.18. The van der Waals surface area contributed by atoms with E-state index in [1.807, 2.05) is 20.8 Å².